The van der Waals surface area contributed by atoms with Crippen molar-refractivity contribution in [3.63, 3.8) is 0 Å². The Labute approximate surface area is 119 Å². The molecular formula is C15H12O6. The molecule has 0 radical (unpaired) electrons. The van der Waals surface area contributed by atoms with Crippen LogP contribution in [-0.4, -0.2) is 33.4 Å². The summed E-state index contributed by atoms with van der Waals surface area (Å²) >= 11 is 0. The zero-order chi connectivity index (χ0) is 15.1. The van der Waals surface area contributed by atoms with Crippen LogP contribution in [0.15, 0.2) is 24.3 Å². The fraction of sp³-hybridized carbons (Fsp3) is 0.200. The number of carboxylic acids is 1. The second kappa shape index (κ2) is 4.66. The van der Waals surface area contributed by atoms with Gasteiger partial charge in [0, 0.05) is 6.42 Å². The zero-order valence-corrected chi connectivity index (χ0v) is 10.9. The molecule has 21 heavy (non-hydrogen) atoms. The van der Waals surface area contributed by atoms with Gasteiger partial charge in [0.25, 0.3) is 0 Å². The summed E-state index contributed by atoms with van der Waals surface area (Å²) in [5.41, 5.74) is 0.513. The molecule has 0 saturated carbocycles. The second-order valence-electron chi connectivity index (χ2n) is 4.96. The lowest BCUT2D eigenvalue weighted by atomic mass is 9.92. The standard InChI is InChI=1S/C15H12O6/c16-10-3-1-2-7-4-8-5-9(6-11(17)18)21-15(20)13(8)14(19)12(7)10/h1-4,9,16,19H,5-6H2,(H,17,18)/t9-/m0/s1. The number of benzene rings is 2. The Balaban J connectivity index is 2.16. The molecule has 0 aromatic heterocycles. The SMILES string of the molecule is O=C(O)C[C@@H]1Cc2cc3cccc(O)c3c(O)c2C(=O)O1. The molecule has 1 heterocycles. The molecule has 6 nitrogen and oxygen atoms in total. The van der Waals surface area contributed by atoms with Crippen molar-refractivity contribution in [2.45, 2.75) is 18.9 Å². The van der Waals surface area contributed by atoms with Gasteiger partial charge in [-0.05, 0) is 23.1 Å². The first kappa shape index (κ1) is 13.2. The Morgan fingerprint density at radius 1 is 1.33 bits per heavy atom. The van der Waals surface area contributed by atoms with Gasteiger partial charge in [-0.1, -0.05) is 12.1 Å². The van der Waals surface area contributed by atoms with E-state index in [-0.39, 0.29) is 35.3 Å². The van der Waals surface area contributed by atoms with Crippen molar-refractivity contribution in [2.75, 3.05) is 0 Å². The van der Waals surface area contributed by atoms with E-state index in [9.17, 15) is 19.8 Å². The summed E-state index contributed by atoms with van der Waals surface area (Å²) in [5.74, 6) is -2.29. The predicted octanol–water partition coefficient (Wildman–Crippen LogP) is 1.81. The van der Waals surface area contributed by atoms with Gasteiger partial charge in [0.05, 0.1) is 11.8 Å². The molecule has 0 amide bonds. The average Bonchev–Trinajstić information content (AvgIpc) is 2.36. The van der Waals surface area contributed by atoms with E-state index in [1.807, 2.05) is 0 Å². The molecule has 1 aliphatic heterocycles. The van der Waals surface area contributed by atoms with Crippen LogP contribution in [0.3, 0.4) is 0 Å². The van der Waals surface area contributed by atoms with Gasteiger partial charge in [-0.15, -0.1) is 0 Å². The summed E-state index contributed by atoms with van der Waals surface area (Å²) < 4.78 is 5.03. The highest BCUT2D eigenvalue weighted by atomic mass is 16.5. The number of carbonyl (C=O) groups excluding carboxylic acids is 1. The molecule has 1 aliphatic rings. The first-order chi connectivity index (χ1) is 9.97. The number of phenolic OH excluding ortho intramolecular Hbond substituents is 2. The fourth-order valence-electron chi connectivity index (χ4n) is 2.67. The topological polar surface area (TPSA) is 104 Å². The van der Waals surface area contributed by atoms with Gasteiger partial charge in [-0.2, -0.15) is 0 Å². The first-order valence-corrected chi connectivity index (χ1v) is 6.36. The number of ether oxygens (including phenoxy) is 1. The van der Waals surface area contributed by atoms with Crippen molar-refractivity contribution in [1.29, 1.82) is 0 Å². The molecule has 2 aromatic carbocycles. The van der Waals surface area contributed by atoms with Crippen molar-refractivity contribution in [3.05, 3.63) is 35.4 Å². The van der Waals surface area contributed by atoms with Gasteiger partial charge in [0.1, 0.15) is 23.2 Å². The highest BCUT2D eigenvalue weighted by Crippen LogP contribution is 2.40. The second-order valence-corrected chi connectivity index (χ2v) is 4.96. The highest BCUT2D eigenvalue weighted by molar-refractivity contribution is 6.05. The zero-order valence-electron chi connectivity index (χ0n) is 10.9. The number of aliphatic carboxylic acids is 1. The minimum absolute atomic E-state index is 0.00867. The molecule has 3 N–H and O–H groups in total. The minimum atomic E-state index is -1.06. The number of hydrogen-bond donors (Lipinski definition) is 3. The molecule has 0 spiro atoms. The molecule has 0 unspecified atom stereocenters. The average molecular weight is 288 g/mol. The van der Waals surface area contributed by atoms with E-state index in [0.717, 1.165) is 0 Å². The molecule has 0 bridgehead atoms. The lowest BCUT2D eigenvalue weighted by molar-refractivity contribution is -0.139. The number of carbonyl (C=O) groups is 2. The summed E-state index contributed by atoms with van der Waals surface area (Å²) in [6, 6.07) is 6.40. The largest absolute Gasteiger partial charge is 0.507 e. The lowest BCUT2D eigenvalue weighted by Gasteiger charge is -2.25. The van der Waals surface area contributed by atoms with Crippen LogP contribution in [0, 0.1) is 0 Å². The van der Waals surface area contributed by atoms with Crippen molar-refractivity contribution in [2.24, 2.45) is 0 Å². The number of hydrogen-bond acceptors (Lipinski definition) is 5. The maximum Gasteiger partial charge on any atom is 0.342 e. The summed E-state index contributed by atoms with van der Waals surface area (Å²) in [6.07, 6.45) is -0.826. The van der Waals surface area contributed by atoms with E-state index >= 15 is 0 Å². The number of aromatic hydroxyl groups is 2. The summed E-state index contributed by atoms with van der Waals surface area (Å²) in [6.45, 7) is 0. The maximum atomic E-state index is 12.0. The number of rotatable bonds is 2. The highest BCUT2D eigenvalue weighted by Gasteiger charge is 2.31. The minimum Gasteiger partial charge on any atom is -0.507 e. The third-order valence-corrected chi connectivity index (χ3v) is 3.53. The Morgan fingerprint density at radius 3 is 2.81 bits per heavy atom. The Morgan fingerprint density at radius 2 is 2.10 bits per heavy atom. The van der Waals surface area contributed by atoms with Crippen LogP contribution in [0.2, 0.25) is 0 Å². The van der Waals surface area contributed by atoms with Gasteiger partial charge in [-0.25, -0.2) is 4.79 Å². The molecule has 1 atom stereocenters. The quantitative estimate of drug-likeness (QED) is 0.728. The van der Waals surface area contributed by atoms with Crippen LogP contribution >= 0.6 is 0 Å². The Bertz CT molecular complexity index is 764. The molecule has 108 valence electrons. The van der Waals surface area contributed by atoms with E-state index in [1.54, 1.807) is 18.2 Å². The van der Waals surface area contributed by atoms with Crippen LogP contribution < -0.4 is 0 Å². The van der Waals surface area contributed by atoms with Gasteiger partial charge in [0.2, 0.25) is 0 Å². The van der Waals surface area contributed by atoms with Crippen LogP contribution in [0.1, 0.15) is 22.3 Å². The Kier molecular flexibility index (Phi) is 2.94. The van der Waals surface area contributed by atoms with Crippen molar-refractivity contribution in [1.82, 2.24) is 0 Å². The lowest BCUT2D eigenvalue weighted by Crippen LogP contribution is -2.29. The van der Waals surface area contributed by atoms with Gasteiger partial charge in [0.15, 0.2) is 0 Å². The van der Waals surface area contributed by atoms with E-state index in [2.05, 4.69) is 0 Å². The van der Waals surface area contributed by atoms with Crippen molar-refractivity contribution >= 4 is 22.7 Å². The van der Waals surface area contributed by atoms with E-state index < -0.39 is 18.0 Å². The fourth-order valence-corrected chi connectivity index (χ4v) is 2.67. The van der Waals surface area contributed by atoms with Crippen molar-refractivity contribution < 1.29 is 29.6 Å². The number of carboxylic acid groups (broad SMARTS) is 1. The van der Waals surface area contributed by atoms with Crippen molar-refractivity contribution in [3.8, 4) is 11.5 Å². The predicted molar refractivity (Wildman–Crippen MR) is 72.4 cm³/mol. The smallest absolute Gasteiger partial charge is 0.342 e. The molecule has 2 aromatic rings. The summed E-state index contributed by atoms with van der Waals surface area (Å²) in [4.78, 5) is 22.7. The monoisotopic (exact) mass is 288 g/mol. The van der Waals surface area contributed by atoms with E-state index in [4.69, 9.17) is 9.84 Å². The van der Waals surface area contributed by atoms with Crippen LogP contribution in [0.4, 0.5) is 0 Å². The third-order valence-electron chi connectivity index (χ3n) is 3.53. The molecular weight excluding hydrogens is 276 g/mol. The van der Waals surface area contributed by atoms with E-state index in [1.165, 1.54) is 6.07 Å². The van der Waals surface area contributed by atoms with Crippen LogP contribution in [0.5, 0.6) is 11.5 Å². The maximum absolute atomic E-state index is 12.0. The first-order valence-electron chi connectivity index (χ1n) is 6.36. The number of fused-ring (bicyclic) bond motifs is 2. The summed E-state index contributed by atoms with van der Waals surface area (Å²) in [7, 11) is 0. The number of phenols is 2. The number of cyclic esters (lactones) is 1. The van der Waals surface area contributed by atoms with Gasteiger partial charge < -0.3 is 20.1 Å². The summed E-state index contributed by atoms with van der Waals surface area (Å²) in [5, 5.41) is 29.6. The Hall–Kier alpha value is -2.76. The molecule has 0 aliphatic carbocycles. The van der Waals surface area contributed by atoms with Crippen LogP contribution in [0.25, 0.3) is 10.8 Å². The molecule has 3 rings (SSSR count). The molecule has 0 saturated heterocycles. The normalized spacial score (nSPS) is 17.3. The van der Waals surface area contributed by atoms with Crippen LogP contribution in [-0.2, 0) is 16.0 Å². The van der Waals surface area contributed by atoms with Gasteiger partial charge in [-0.3, -0.25) is 4.79 Å². The van der Waals surface area contributed by atoms with Gasteiger partial charge >= 0.3 is 11.9 Å². The molecule has 0 fully saturated rings. The third kappa shape index (κ3) is 2.14. The van der Waals surface area contributed by atoms with E-state index in [0.29, 0.717) is 10.9 Å². The number of esters is 1. The molecule has 6 heteroatoms.